The Morgan fingerprint density at radius 1 is 0.946 bits per heavy atom. The van der Waals surface area contributed by atoms with Gasteiger partial charge in [0.25, 0.3) is 0 Å². The van der Waals surface area contributed by atoms with Gasteiger partial charge in [-0.2, -0.15) is 0 Å². The lowest BCUT2D eigenvalue weighted by Gasteiger charge is -2.44. The lowest BCUT2D eigenvalue weighted by Crippen LogP contribution is -3.00. The molecule has 0 amide bonds. The molecule has 0 unspecified atom stereocenters. The molecule has 1 saturated carbocycles. The number of ether oxygens (including phenoxy) is 2. The number of rotatable bonds is 8. The summed E-state index contributed by atoms with van der Waals surface area (Å²) in [5, 5.41) is 0. The number of hydrogen-bond donors (Lipinski definition) is 1. The maximum atomic E-state index is 13.4. The molecule has 1 aliphatic carbocycles. The molecule has 0 saturated heterocycles. The molecule has 0 heterocycles. The van der Waals surface area contributed by atoms with E-state index in [1.807, 2.05) is 57.2 Å². The Morgan fingerprint density at radius 3 is 2.08 bits per heavy atom. The summed E-state index contributed by atoms with van der Waals surface area (Å²) in [4.78, 5) is 26.3. The Labute approximate surface area is 228 Å². The number of esters is 2. The van der Waals surface area contributed by atoms with Crippen LogP contribution in [-0.4, -0.2) is 29.7 Å². The summed E-state index contributed by atoms with van der Waals surface area (Å²) < 4.78 is 11.9. The molecular formula is C31H44ClNO4. The van der Waals surface area contributed by atoms with E-state index in [1.165, 1.54) is 5.56 Å². The van der Waals surface area contributed by atoms with Gasteiger partial charge >= 0.3 is 11.9 Å². The highest BCUT2D eigenvalue weighted by atomic mass is 35.5. The van der Waals surface area contributed by atoms with Gasteiger partial charge in [0.05, 0.1) is 12.3 Å². The van der Waals surface area contributed by atoms with Gasteiger partial charge in [0.1, 0.15) is 11.7 Å². The minimum absolute atomic E-state index is 0. The van der Waals surface area contributed by atoms with Crippen molar-refractivity contribution in [2.45, 2.75) is 96.3 Å². The van der Waals surface area contributed by atoms with Crippen molar-refractivity contribution < 1.29 is 37.2 Å². The minimum Gasteiger partial charge on any atom is -1.00 e. The molecule has 5 nitrogen and oxygen atoms in total. The zero-order valence-electron chi connectivity index (χ0n) is 23.2. The normalized spacial score (nSPS) is 21.8. The molecule has 37 heavy (non-hydrogen) atoms. The summed E-state index contributed by atoms with van der Waals surface area (Å²) >= 11 is 0. The van der Waals surface area contributed by atoms with Gasteiger partial charge in [-0.05, 0) is 56.1 Å². The molecular weight excluding hydrogens is 486 g/mol. The number of carbonyl (C=O) groups is 2. The van der Waals surface area contributed by atoms with Gasteiger partial charge < -0.3 is 27.6 Å². The summed E-state index contributed by atoms with van der Waals surface area (Å²) in [6, 6.07) is 19.4. The number of halogens is 1. The van der Waals surface area contributed by atoms with Gasteiger partial charge in [0.15, 0.2) is 6.04 Å². The first kappa shape index (κ1) is 30.9. The number of carbonyl (C=O) groups excluding carboxylic acids is 2. The van der Waals surface area contributed by atoms with Gasteiger partial charge in [0.2, 0.25) is 0 Å². The Bertz CT molecular complexity index is 1000. The number of hydrogen-bond acceptors (Lipinski definition) is 4. The summed E-state index contributed by atoms with van der Waals surface area (Å²) in [6.45, 7) is 12.2. The third kappa shape index (κ3) is 8.31. The molecule has 0 spiro atoms. The Morgan fingerprint density at radius 2 is 1.51 bits per heavy atom. The monoisotopic (exact) mass is 529 g/mol. The van der Waals surface area contributed by atoms with Gasteiger partial charge in [-0.1, -0.05) is 87.9 Å². The van der Waals surface area contributed by atoms with Crippen LogP contribution in [0.3, 0.4) is 0 Å². The van der Waals surface area contributed by atoms with E-state index in [1.54, 1.807) is 0 Å². The van der Waals surface area contributed by atoms with Gasteiger partial charge in [-0.15, -0.1) is 0 Å². The lowest BCUT2D eigenvalue weighted by atomic mass is 9.64. The van der Waals surface area contributed by atoms with Crippen LogP contribution < -0.4 is 18.1 Å². The summed E-state index contributed by atoms with van der Waals surface area (Å²) in [5.74, 6) is -0.391. The van der Waals surface area contributed by atoms with Crippen LogP contribution in [-0.2, 0) is 24.5 Å². The van der Waals surface area contributed by atoms with Crippen molar-refractivity contribution in [2.75, 3.05) is 0 Å². The predicted octanol–water partition coefficient (Wildman–Crippen LogP) is 2.44. The molecule has 1 fully saturated rings. The summed E-state index contributed by atoms with van der Waals surface area (Å²) in [5.41, 5.74) is 5.52. The van der Waals surface area contributed by atoms with Gasteiger partial charge in [0, 0.05) is 5.92 Å². The fourth-order valence-electron chi connectivity index (χ4n) is 5.50. The van der Waals surface area contributed by atoms with E-state index >= 15 is 0 Å². The van der Waals surface area contributed by atoms with Gasteiger partial charge in [-0.3, -0.25) is 4.79 Å². The zero-order chi connectivity index (χ0) is 26.5. The van der Waals surface area contributed by atoms with Crippen molar-refractivity contribution >= 4 is 11.9 Å². The van der Waals surface area contributed by atoms with Crippen molar-refractivity contribution in [3.8, 4) is 0 Å². The highest BCUT2D eigenvalue weighted by Crippen LogP contribution is 2.44. The number of benzene rings is 2. The van der Waals surface area contributed by atoms with E-state index < -0.39 is 23.5 Å². The van der Waals surface area contributed by atoms with Crippen molar-refractivity contribution in [2.24, 2.45) is 11.8 Å². The third-order valence-corrected chi connectivity index (χ3v) is 7.59. The molecule has 0 aliphatic heterocycles. The zero-order valence-corrected chi connectivity index (χ0v) is 24.0. The average molecular weight is 530 g/mol. The molecule has 0 aromatic heterocycles. The first-order chi connectivity index (χ1) is 16.9. The predicted molar refractivity (Wildman–Crippen MR) is 142 cm³/mol. The molecule has 0 bridgehead atoms. The Hall–Kier alpha value is -2.37. The van der Waals surface area contributed by atoms with E-state index in [0.29, 0.717) is 5.92 Å². The standard InChI is InChI=1S/C31H43NO4.ClH/c1-21-17-18-25(31(5,6)23-15-11-8-12-16-23)26(19-21)35-27(33)20-24(22-13-9-7-10-14-22)28(32)29(34)36-30(2,3)4;/h7-16,21,24-26,28H,17-20,32H2,1-6H3;1H/t21-,24+,25-,26-,28-;/m1./s1. The fourth-order valence-corrected chi connectivity index (χ4v) is 5.50. The fraction of sp³-hybridized carbons (Fsp3) is 0.548. The quantitative estimate of drug-likeness (QED) is 0.533. The smallest absolute Gasteiger partial charge is 0.365 e. The molecule has 3 rings (SSSR count). The van der Waals surface area contributed by atoms with Crippen LogP contribution in [0.1, 0.15) is 84.3 Å². The Kier molecular flexibility index (Phi) is 10.8. The summed E-state index contributed by atoms with van der Waals surface area (Å²) in [6.07, 6.45) is 2.90. The SMILES string of the molecule is C[C@@H]1CC[C@@H](C(C)(C)c2ccccc2)[C@H](OC(=O)C[C@@H](c2ccccc2)[C@@H]([NH3+])C(=O)OC(C)(C)C)C1.[Cl-]. The molecule has 5 atom stereocenters. The van der Waals surface area contributed by atoms with Crippen LogP contribution in [0.25, 0.3) is 0 Å². The molecule has 204 valence electrons. The van der Waals surface area contributed by atoms with Crippen molar-refractivity contribution in [1.29, 1.82) is 0 Å². The first-order valence-corrected chi connectivity index (χ1v) is 13.2. The molecule has 2 aromatic rings. The van der Waals surface area contributed by atoms with E-state index in [2.05, 4.69) is 50.8 Å². The summed E-state index contributed by atoms with van der Waals surface area (Å²) in [7, 11) is 0. The topological polar surface area (TPSA) is 80.2 Å². The van der Waals surface area contributed by atoms with Gasteiger partial charge in [-0.25, -0.2) is 4.79 Å². The van der Waals surface area contributed by atoms with Crippen LogP contribution in [0.2, 0.25) is 0 Å². The third-order valence-electron chi connectivity index (χ3n) is 7.59. The number of quaternary nitrogens is 1. The highest BCUT2D eigenvalue weighted by Gasteiger charge is 2.43. The van der Waals surface area contributed by atoms with Crippen LogP contribution >= 0.6 is 0 Å². The van der Waals surface area contributed by atoms with Crippen LogP contribution in [0.4, 0.5) is 0 Å². The highest BCUT2D eigenvalue weighted by molar-refractivity contribution is 5.78. The lowest BCUT2D eigenvalue weighted by molar-refractivity contribution is -0.415. The average Bonchev–Trinajstić information content (AvgIpc) is 2.82. The van der Waals surface area contributed by atoms with Crippen LogP contribution in [0.5, 0.6) is 0 Å². The molecule has 2 aromatic carbocycles. The minimum atomic E-state index is -0.721. The van der Waals surface area contributed by atoms with E-state index in [0.717, 1.165) is 24.8 Å². The van der Waals surface area contributed by atoms with E-state index in [9.17, 15) is 9.59 Å². The van der Waals surface area contributed by atoms with Crippen molar-refractivity contribution in [1.82, 2.24) is 0 Å². The maximum Gasteiger partial charge on any atom is 0.365 e. The second-order valence-corrected chi connectivity index (χ2v) is 12.0. The van der Waals surface area contributed by atoms with E-state index in [4.69, 9.17) is 9.47 Å². The second kappa shape index (κ2) is 12.9. The molecule has 3 N–H and O–H groups in total. The molecule has 0 radical (unpaired) electrons. The largest absolute Gasteiger partial charge is 1.00 e. The molecule has 6 heteroatoms. The maximum absolute atomic E-state index is 13.4. The van der Waals surface area contributed by atoms with Crippen LogP contribution in [0, 0.1) is 11.8 Å². The van der Waals surface area contributed by atoms with Crippen molar-refractivity contribution in [3.05, 3.63) is 71.8 Å². The first-order valence-electron chi connectivity index (χ1n) is 13.2. The van der Waals surface area contributed by atoms with E-state index in [-0.39, 0.29) is 42.2 Å². The second-order valence-electron chi connectivity index (χ2n) is 12.0. The Balaban J connectivity index is 0.00000481. The van der Waals surface area contributed by atoms with Crippen LogP contribution in [0.15, 0.2) is 60.7 Å². The van der Waals surface area contributed by atoms with Crippen molar-refractivity contribution in [3.63, 3.8) is 0 Å². The molecule has 1 aliphatic rings.